The van der Waals surface area contributed by atoms with E-state index in [1.165, 1.54) is 6.92 Å². The van der Waals surface area contributed by atoms with Gasteiger partial charge >= 0.3 is 6.18 Å². The Bertz CT molecular complexity index is 387. The summed E-state index contributed by atoms with van der Waals surface area (Å²) in [6.45, 7) is 3.32. The lowest BCUT2D eigenvalue weighted by molar-refractivity contribution is -0.0967. The Kier molecular flexibility index (Phi) is 2.00. The van der Waals surface area contributed by atoms with E-state index in [1.807, 2.05) is 6.92 Å². The molecule has 2 rings (SSSR count). The summed E-state index contributed by atoms with van der Waals surface area (Å²) in [5.74, 6) is 0. The zero-order valence-corrected chi connectivity index (χ0v) is 8.57. The molecule has 0 radical (unpaired) electrons. The molecule has 0 amide bonds. The maximum absolute atomic E-state index is 12.7. The molecule has 1 heterocycles. The van der Waals surface area contributed by atoms with Crippen molar-refractivity contribution in [2.45, 2.75) is 26.4 Å². The van der Waals surface area contributed by atoms with Crippen molar-refractivity contribution in [3.8, 4) is 0 Å². The lowest BCUT2D eigenvalue weighted by atomic mass is 9.76. The predicted molar refractivity (Wildman–Crippen MR) is 51.8 cm³/mol. The second-order valence-electron chi connectivity index (χ2n) is 4.29. The van der Waals surface area contributed by atoms with Crippen LogP contribution in [0.15, 0.2) is 35.2 Å². The van der Waals surface area contributed by atoms with Gasteiger partial charge in [0.2, 0.25) is 0 Å². The predicted octanol–water partition coefficient (Wildman–Crippen LogP) is 3.28. The first-order valence-corrected chi connectivity index (χ1v) is 4.76. The molecule has 0 fully saturated rings. The van der Waals surface area contributed by atoms with Crippen LogP contribution in [-0.2, 0) is 0 Å². The normalized spacial score (nSPS) is 30.1. The summed E-state index contributed by atoms with van der Waals surface area (Å²) < 4.78 is 38.1. The maximum atomic E-state index is 12.7. The number of hydrogen-bond donors (Lipinski definition) is 1. The molecule has 0 spiro atoms. The first kappa shape index (κ1) is 10.3. The van der Waals surface area contributed by atoms with Gasteiger partial charge < -0.3 is 5.32 Å². The Morgan fingerprint density at radius 2 is 2.07 bits per heavy atom. The molecule has 82 valence electrons. The fraction of sp³-hybridized carbons (Fsp3) is 0.455. The summed E-state index contributed by atoms with van der Waals surface area (Å²) in [5, 5.41) is 2.98. The van der Waals surface area contributed by atoms with Gasteiger partial charge in [-0.2, -0.15) is 13.2 Å². The molecule has 1 nitrogen and oxygen atoms in total. The summed E-state index contributed by atoms with van der Waals surface area (Å²) in [4.78, 5) is 0. The fourth-order valence-electron chi connectivity index (χ4n) is 2.06. The number of halogens is 3. The average Bonchev–Trinajstić information content (AvgIpc) is 2.43. The van der Waals surface area contributed by atoms with E-state index in [-0.39, 0.29) is 6.42 Å². The number of rotatable bonds is 0. The largest absolute Gasteiger partial charge is 0.412 e. The monoisotopic (exact) mass is 215 g/mol. The van der Waals surface area contributed by atoms with E-state index >= 15 is 0 Å². The molecule has 2 aliphatic rings. The summed E-state index contributed by atoms with van der Waals surface area (Å²) in [5.41, 5.74) is 0.242. The zero-order chi connectivity index (χ0) is 11.3. The van der Waals surface area contributed by atoms with Gasteiger partial charge in [0.1, 0.15) is 0 Å². The summed E-state index contributed by atoms with van der Waals surface area (Å²) in [6.07, 6.45) is 0.894. The summed E-state index contributed by atoms with van der Waals surface area (Å²) in [7, 11) is 0. The van der Waals surface area contributed by atoms with Crippen molar-refractivity contribution < 1.29 is 13.2 Å². The van der Waals surface area contributed by atoms with Crippen molar-refractivity contribution in [1.29, 1.82) is 0 Å². The van der Waals surface area contributed by atoms with Gasteiger partial charge in [0.05, 0.1) is 0 Å². The molecule has 0 saturated carbocycles. The highest BCUT2D eigenvalue weighted by molar-refractivity contribution is 5.43. The van der Waals surface area contributed by atoms with Crippen LogP contribution in [0.1, 0.15) is 20.3 Å². The average molecular weight is 215 g/mol. The fourth-order valence-corrected chi connectivity index (χ4v) is 2.06. The molecule has 15 heavy (non-hydrogen) atoms. The van der Waals surface area contributed by atoms with Crippen molar-refractivity contribution in [2.24, 2.45) is 5.41 Å². The molecule has 4 heteroatoms. The first-order chi connectivity index (χ1) is 6.83. The zero-order valence-electron chi connectivity index (χ0n) is 8.57. The maximum Gasteiger partial charge on any atom is 0.412 e. The van der Waals surface area contributed by atoms with Crippen LogP contribution >= 0.6 is 0 Å². The van der Waals surface area contributed by atoms with E-state index in [0.717, 1.165) is 5.70 Å². The highest BCUT2D eigenvalue weighted by atomic mass is 19.4. The molecular formula is C11H12F3N. The summed E-state index contributed by atoms with van der Waals surface area (Å²) in [6, 6.07) is 0. The van der Waals surface area contributed by atoms with Crippen molar-refractivity contribution in [2.75, 3.05) is 0 Å². The standard InChI is InChI=1S/C11H12F3N/c1-7-5-9-10(2,3-4-15-9)6-8(7)11(12,13)14/h3-5,15H,6H2,1-2H3. The van der Waals surface area contributed by atoms with Crippen LogP contribution in [-0.4, -0.2) is 6.18 Å². The lowest BCUT2D eigenvalue weighted by Crippen LogP contribution is -2.28. The summed E-state index contributed by atoms with van der Waals surface area (Å²) >= 11 is 0. The Balaban J connectivity index is 2.44. The molecule has 0 aromatic carbocycles. The highest BCUT2D eigenvalue weighted by Crippen LogP contribution is 2.46. The Hall–Kier alpha value is -1.19. The van der Waals surface area contributed by atoms with Crippen LogP contribution in [0, 0.1) is 5.41 Å². The van der Waals surface area contributed by atoms with Crippen molar-refractivity contribution in [3.63, 3.8) is 0 Å². The van der Waals surface area contributed by atoms with Gasteiger partial charge in [0, 0.05) is 16.7 Å². The van der Waals surface area contributed by atoms with Crippen LogP contribution in [0.5, 0.6) is 0 Å². The van der Waals surface area contributed by atoms with E-state index in [1.54, 1.807) is 18.4 Å². The topological polar surface area (TPSA) is 12.0 Å². The van der Waals surface area contributed by atoms with Crippen molar-refractivity contribution in [3.05, 3.63) is 35.2 Å². The lowest BCUT2D eigenvalue weighted by Gasteiger charge is -2.31. The Labute approximate surface area is 86.4 Å². The van der Waals surface area contributed by atoms with Crippen LogP contribution in [0.25, 0.3) is 0 Å². The second kappa shape index (κ2) is 2.90. The van der Waals surface area contributed by atoms with Gasteiger partial charge in [-0.25, -0.2) is 0 Å². The molecule has 1 atom stereocenters. The molecule has 0 aromatic rings. The Morgan fingerprint density at radius 3 is 2.67 bits per heavy atom. The highest BCUT2D eigenvalue weighted by Gasteiger charge is 2.43. The van der Waals surface area contributed by atoms with Crippen molar-refractivity contribution in [1.82, 2.24) is 5.32 Å². The minimum Gasteiger partial charge on any atom is -0.365 e. The first-order valence-electron chi connectivity index (χ1n) is 4.76. The molecule has 1 N–H and O–H groups in total. The minimum atomic E-state index is -4.22. The smallest absolute Gasteiger partial charge is 0.365 e. The van der Waals surface area contributed by atoms with Crippen molar-refractivity contribution >= 4 is 0 Å². The molecule has 0 bridgehead atoms. The van der Waals surface area contributed by atoms with E-state index in [2.05, 4.69) is 5.32 Å². The molecular weight excluding hydrogens is 203 g/mol. The number of hydrogen-bond acceptors (Lipinski definition) is 1. The van der Waals surface area contributed by atoms with Gasteiger partial charge in [-0.05, 0) is 31.2 Å². The van der Waals surface area contributed by atoms with E-state index < -0.39 is 17.2 Å². The molecule has 1 aliphatic carbocycles. The molecule has 1 aliphatic heterocycles. The van der Waals surface area contributed by atoms with E-state index in [9.17, 15) is 13.2 Å². The van der Waals surface area contributed by atoms with Gasteiger partial charge in [0.25, 0.3) is 0 Å². The number of fused-ring (bicyclic) bond motifs is 1. The SMILES string of the molecule is CC1=C(C(F)(F)F)CC2(C)C=CNC2=C1. The third-order valence-corrected chi connectivity index (χ3v) is 3.03. The van der Waals surface area contributed by atoms with Gasteiger partial charge in [-0.15, -0.1) is 0 Å². The third-order valence-electron chi connectivity index (χ3n) is 3.03. The number of allylic oxidation sites excluding steroid dienone is 4. The third kappa shape index (κ3) is 1.58. The quantitative estimate of drug-likeness (QED) is 0.653. The van der Waals surface area contributed by atoms with Crippen LogP contribution in [0.3, 0.4) is 0 Å². The van der Waals surface area contributed by atoms with Gasteiger partial charge in [-0.1, -0.05) is 13.0 Å². The van der Waals surface area contributed by atoms with Gasteiger partial charge in [-0.3, -0.25) is 0 Å². The Morgan fingerprint density at radius 1 is 1.40 bits per heavy atom. The van der Waals surface area contributed by atoms with Crippen LogP contribution < -0.4 is 5.32 Å². The molecule has 1 unspecified atom stereocenters. The number of nitrogens with one attached hydrogen (secondary N) is 1. The van der Waals surface area contributed by atoms with Crippen LogP contribution in [0.2, 0.25) is 0 Å². The van der Waals surface area contributed by atoms with E-state index in [0.29, 0.717) is 5.57 Å². The molecule has 0 saturated heterocycles. The van der Waals surface area contributed by atoms with E-state index in [4.69, 9.17) is 0 Å². The second-order valence-corrected chi connectivity index (χ2v) is 4.29. The number of alkyl halides is 3. The minimum absolute atomic E-state index is 0.0255. The van der Waals surface area contributed by atoms with Crippen LogP contribution in [0.4, 0.5) is 13.2 Å². The molecule has 0 aromatic heterocycles. The van der Waals surface area contributed by atoms with Gasteiger partial charge in [0.15, 0.2) is 0 Å².